The van der Waals surface area contributed by atoms with Crippen LogP contribution in [0.5, 0.6) is 0 Å². The highest BCUT2D eigenvalue weighted by Crippen LogP contribution is 2.15. The zero-order chi connectivity index (χ0) is 14.9. The molecule has 0 fully saturated rings. The lowest BCUT2D eigenvalue weighted by Gasteiger charge is -2.01. The van der Waals surface area contributed by atoms with Gasteiger partial charge in [0.05, 0.1) is 12.0 Å². The van der Waals surface area contributed by atoms with Crippen LogP contribution < -0.4 is 5.43 Å². The normalized spacial score (nSPS) is 10.7. The van der Waals surface area contributed by atoms with E-state index in [1.807, 2.05) is 54.6 Å². The standard InChI is InChI=1S/C16H15ClN2OS/c17-15-8-6-14(7-9-15)11-21-12-16(20)19-18-10-13-4-2-1-3-5-13/h1-10H,11-12H2,(H,19,20). The van der Waals surface area contributed by atoms with E-state index >= 15 is 0 Å². The Bertz CT molecular complexity index is 599. The summed E-state index contributed by atoms with van der Waals surface area (Å²) in [6.07, 6.45) is 1.63. The third-order valence-corrected chi connectivity index (χ3v) is 3.87. The number of nitrogens with zero attached hydrogens (tertiary/aromatic N) is 1. The van der Waals surface area contributed by atoms with E-state index in [-0.39, 0.29) is 5.91 Å². The summed E-state index contributed by atoms with van der Waals surface area (Å²) in [6.45, 7) is 0. The number of hydrogen-bond donors (Lipinski definition) is 1. The fourth-order valence-electron chi connectivity index (χ4n) is 1.59. The highest BCUT2D eigenvalue weighted by molar-refractivity contribution is 7.99. The van der Waals surface area contributed by atoms with Crippen molar-refractivity contribution in [1.82, 2.24) is 5.43 Å². The number of benzene rings is 2. The lowest BCUT2D eigenvalue weighted by Crippen LogP contribution is -2.19. The molecule has 0 aliphatic rings. The van der Waals surface area contributed by atoms with Gasteiger partial charge in [0.2, 0.25) is 5.91 Å². The molecule has 0 bridgehead atoms. The van der Waals surface area contributed by atoms with Gasteiger partial charge in [-0.25, -0.2) is 5.43 Å². The van der Waals surface area contributed by atoms with Crippen LogP contribution in [0.25, 0.3) is 0 Å². The molecular weight excluding hydrogens is 304 g/mol. The largest absolute Gasteiger partial charge is 0.272 e. The summed E-state index contributed by atoms with van der Waals surface area (Å²) in [5.41, 5.74) is 4.61. The van der Waals surface area contributed by atoms with Crippen LogP contribution in [0.1, 0.15) is 11.1 Å². The highest BCUT2D eigenvalue weighted by atomic mass is 35.5. The molecular formula is C16H15ClN2OS. The molecule has 0 saturated carbocycles. The molecule has 0 unspecified atom stereocenters. The van der Waals surface area contributed by atoms with Gasteiger partial charge in [-0.05, 0) is 23.3 Å². The van der Waals surface area contributed by atoms with Gasteiger partial charge in [0.1, 0.15) is 0 Å². The molecule has 0 atom stereocenters. The van der Waals surface area contributed by atoms with Crippen molar-refractivity contribution in [3.63, 3.8) is 0 Å². The minimum atomic E-state index is -0.110. The molecule has 1 N–H and O–H groups in total. The second kappa shape index (κ2) is 8.49. The molecule has 0 aromatic heterocycles. The summed E-state index contributed by atoms with van der Waals surface area (Å²) in [7, 11) is 0. The van der Waals surface area contributed by atoms with E-state index < -0.39 is 0 Å². The number of nitrogens with one attached hydrogen (secondary N) is 1. The summed E-state index contributed by atoms with van der Waals surface area (Å²) < 4.78 is 0. The monoisotopic (exact) mass is 318 g/mol. The maximum absolute atomic E-state index is 11.6. The number of halogens is 1. The van der Waals surface area contributed by atoms with E-state index in [2.05, 4.69) is 10.5 Å². The lowest BCUT2D eigenvalue weighted by atomic mass is 10.2. The molecule has 108 valence electrons. The Morgan fingerprint density at radius 1 is 1.14 bits per heavy atom. The van der Waals surface area contributed by atoms with Crippen LogP contribution >= 0.6 is 23.4 Å². The Balaban J connectivity index is 1.68. The second-order valence-electron chi connectivity index (χ2n) is 4.32. The van der Waals surface area contributed by atoms with E-state index in [1.54, 1.807) is 6.21 Å². The number of rotatable bonds is 6. The molecule has 0 saturated heterocycles. The van der Waals surface area contributed by atoms with Crippen LogP contribution in [0.3, 0.4) is 0 Å². The third kappa shape index (κ3) is 6.02. The average molecular weight is 319 g/mol. The Hall–Kier alpha value is -1.78. The molecule has 0 spiro atoms. The van der Waals surface area contributed by atoms with Crippen LogP contribution in [0.4, 0.5) is 0 Å². The van der Waals surface area contributed by atoms with Crippen molar-refractivity contribution in [2.75, 3.05) is 5.75 Å². The minimum Gasteiger partial charge on any atom is -0.272 e. The van der Waals surface area contributed by atoms with Crippen molar-refractivity contribution in [2.24, 2.45) is 5.10 Å². The molecule has 0 aliphatic carbocycles. The Morgan fingerprint density at radius 3 is 2.57 bits per heavy atom. The number of amides is 1. The first-order valence-corrected chi connectivity index (χ1v) is 7.96. The van der Waals surface area contributed by atoms with Crippen molar-refractivity contribution in [2.45, 2.75) is 5.75 Å². The summed E-state index contributed by atoms with van der Waals surface area (Å²) >= 11 is 7.35. The van der Waals surface area contributed by atoms with Gasteiger partial charge < -0.3 is 0 Å². The maximum Gasteiger partial charge on any atom is 0.250 e. The number of hydrogen-bond acceptors (Lipinski definition) is 3. The highest BCUT2D eigenvalue weighted by Gasteiger charge is 2.00. The molecule has 5 heteroatoms. The number of carbonyl (C=O) groups is 1. The molecule has 3 nitrogen and oxygen atoms in total. The molecule has 21 heavy (non-hydrogen) atoms. The van der Waals surface area contributed by atoms with Crippen molar-refractivity contribution >= 4 is 35.5 Å². The van der Waals surface area contributed by atoms with Gasteiger partial charge >= 0.3 is 0 Å². The van der Waals surface area contributed by atoms with Gasteiger partial charge in [-0.1, -0.05) is 54.1 Å². The first-order chi connectivity index (χ1) is 10.2. The second-order valence-corrected chi connectivity index (χ2v) is 5.75. The van der Waals surface area contributed by atoms with Gasteiger partial charge in [-0.15, -0.1) is 11.8 Å². The number of carbonyl (C=O) groups excluding carboxylic acids is 1. The average Bonchev–Trinajstić information content (AvgIpc) is 2.50. The van der Waals surface area contributed by atoms with Crippen LogP contribution in [0.15, 0.2) is 59.7 Å². The number of thioether (sulfide) groups is 1. The third-order valence-electron chi connectivity index (χ3n) is 2.62. The molecule has 2 aromatic rings. The van der Waals surface area contributed by atoms with Crippen molar-refractivity contribution < 1.29 is 4.79 Å². The fourth-order valence-corrected chi connectivity index (χ4v) is 2.50. The quantitative estimate of drug-likeness (QED) is 0.651. The molecule has 0 heterocycles. The predicted octanol–water partition coefficient (Wildman–Crippen LogP) is 3.72. The molecule has 0 radical (unpaired) electrons. The molecule has 0 aliphatic heterocycles. The van der Waals surface area contributed by atoms with Gasteiger partial charge in [0, 0.05) is 10.8 Å². The topological polar surface area (TPSA) is 41.5 Å². The van der Waals surface area contributed by atoms with Crippen LogP contribution in [-0.2, 0) is 10.5 Å². The van der Waals surface area contributed by atoms with Crippen molar-refractivity contribution in [3.8, 4) is 0 Å². The van der Waals surface area contributed by atoms with Crippen LogP contribution in [0, 0.1) is 0 Å². The van der Waals surface area contributed by atoms with Crippen LogP contribution in [-0.4, -0.2) is 17.9 Å². The van der Waals surface area contributed by atoms with E-state index in [9.17, 15) is 4.79 Å². The Morgan fingerprint density at radius 2 is 1.86 bits per heavy atom. The Kier molecular flexibility index (Phi) is 6.31. The van der Waals surface area contributed by atoms with E-state index in [4.69, 9.17) is 11.6 Å². The summed E-state index contributed by atoms with van der Waals surface area (Å²) in [5.74, 6) is 1.03. The van der Waals surface area contributed by atoms with E-state index in [0.717, 1.165) is 21.9 Å². The summed E-state index contributed by atoms with van der Waals surface area (Å²) in [4.78, 5) is 11.6. The van der Waals surface area contributed by atoms with Gasteiger partial charge in [-0.2, -0.15) is 5.10 Å². The van der Waals surface area contributed by atoms with Crippen molar-refractivity contribution in [1.29, 1.82) is 0 Å². The lowest BCUT2D eigenvalue weighted by molar-refractivity contribution is -0.118. The fraction of sp³-hybridized carbons (Fsp3) is 0.125. The van der Waals surface area contributed by atoms with E-state index in [1.165, 1.54) is 11.8 Å². The van der Waals surface area contributed by atoms with Gasteiger partial charge in [0.15, 0.2) is 0 Å². The van der Waals surface area contributed by atoms with Gasteiger partial charge in [-0.3, -0.25) is 4.79 Å². The molecule has 2 aromatic carbocycles. The summed E-state index contributed by atoms with van der Waals surface area (Å²) in [5, 5.41) is 4.64. The van der Waals surface area contributed by atoms with Gasteiger partial charge in [0.25, 0.3) is 0 Å². The minimum absolute atomic E-state index is 0.110. The smallest absolute Gasteiger partial charge is 0.250 e. The zero-order valence-electron chi connectivity index (χ0n) is 11.3. The van der Waals surface area contributed by atoms with Crippen molar-refractivity contribution in [3.05, 3.63) is 70.7 Å². The SMILES string of the molecule is O=C(CSCc1ccc(Cl)cc1)NN=Cc1ccccc1. The molecule has 1 amide bonds. The zero-order valence-corrected chi connectivity index (χ0v) is 12.9. The van der Waals surface area contributed by atoms with E-state index in [0.29, 0.717) is 5.75 Å². The number of hydrazone groups is 1. The van der Waals surface area contributed by atoms with Crippen LogP contribution in [0.2, 0.25) is 5.02 Å². The summed E-state index contributed by atoms with van der Waals surface area (Å²) in [6, 6.07) is 17.2. The first kappa shape index (κ1) is 15.6. The Labute approximate surface area is 133 Å². The first-order valence-electron chi connectivity index (χ1n) is 6.43. The molecule has 2 rings (SSSR count). The maximum atomic E-state index is 11.6. The predicted molar refractivity (Wildman–Crippen MR) is 89.8 cm³/mol.